The van der Waals surface area contributed by atoms with E-state index in [1.54, 1.807) is 6.26 Å². The normalized spacial score (nSPS) is 25.4. The molecule has 78 valence electrons. The van der Waals surface area contributed by atoms with Gasteiger partial charge in [0.1, 0.15) is 6.26 Å². The quantitative estimate of drug-likeness (QED) is 0.792. The molecule has 0 saturated carbocycles. The van der Waals surface area contributed by atoms with E-state index in [1.807, 2.05) is 0 Å². The third-order valence-electron chi connectivity index (χ3n) is 2.47. The number of hydrogen-bond donors (Lipinski definition) is 1. The van der Waals surface area contributed by atoms with Crippen molar-refractivity contribution in [3.63, 3.8) is 0 Å². The molecule has 14 heavy (non-hydrogen) atoms. The van der Waals surface area contributed by atoms with E-state index >= 15 is 0 Å². The highest BCUT2D eigenvalue weighted by Crippen LogP contribution is 2.24. The van der Waals surface area contributed by atoms with Crippen LogP contribution in [0.2, 0.25) is 0 Å². The van der Waals surface area contributed by atoms with Crippen LogP contribution in [0.4, 0.5) is 0 Å². The number of aromatic nitrogens is 1. The van der Waals surface area contributed by atoms with Gasteiger partial charge >= 0.3 is 0 Å². The van der Waals surface area contributed by atoms with Gasteiger partial charge in [-0.15, -0.1) is 0 Å². The topological polar surface area (TPSA) is 47.3 Å². The van der Waals surface area contributed by atoms with Gasteiger partial charge in [-0.25, -0.2) is 4.98 Å². The molecule has 1 aliphatic heterocycles. The molecular weight excluding hydrogens is 180 g/mol. The Balaban J connectivity index is 1.78. The summed E-state index contributed by atoms with van der Waals surface area (Å²) in [4.78, 5) is 4.04. The molecule has 1 atom stereocenters. The van der Waals surface area contributed by atoms with E-state index in [1.165, 1.54) is 6.39 Å². The molecule has 4 nitrogen and oxygen atoms in total. The summed E-state index contributed by atoms with van der Waals surface area (Å²) in [7, 11) is 0. The molecule has 1 aromatic heterocycles. The zero-order valence-electron chi connectivity index (χ0n) is 8.62. The summed E-state index contributed by atoms with van der Waals surface area (Å²) in [6.45, 7) is 5.76. The van der Waals surface area contributed by atoms with Crippen LogP contribution in [0.5, 0.6) is 0 Å². The molecule has 0 bridgehead atoms. The van der Waals surface area contributed by atoms with Gasteiger partial charge in [0.2, 0.25) is 0 Å². The van der Waals surface area contributed by atoms with Gasteiger partial charge in [-0.05, 0) is 20.3 Å². The number of ether oxygens (including phenoxy) is 1. The van der Waals surface area contributed by atoms with E-state index < -0.39 is 0 Å². The van der Waals surface area contributed by atoms with Crippen molar-refractivity contribution in [3.8, 4) is 0 Å². The Hall–Kier alpha value is -0.870. The Morgan fingerprint density at radius 3 is 3.07 bits per heavy atom. The molecule has 0 aliphatic carbocycles. The van der Waals surface area contributed by atoms with Gasteiger partial charge in [0.25, 0.3) is 0 Å². The summed E-state index contributed by atoms with van der Waals surface area (Å²) in [5.74, 6) is 0. The average Bonchev–Trinajstić information content (AvgIpc) is 2.70. The van der Waals surface area contributed by atoms with E-state index in [4.69, 9.17) is 9.15 Å². The van der Waals surface area contributed by atoms with Crippen LogP contribution in [-0.4, -0.2) is 23.2 Å². The summed E-state index contributed by atoms with van der Waals surface area (Å²) in [6.07, 6.45) is 4.16. The third kappa shape index (κ3) is 2.33. The Labute approximate surface area is 83.7 Å². The Kier molecular flexibility index (Phi) is 2.56. The molecule has 1 N–H and O–H groups in total. The van der Waals surface area contributed by atoms with Gasteiger partial charge in [-0.1, -0.05) is 0 Å². The standard InChI is InChI=1S/C10H16N2O2/c1-10(2)3-8(6-14-10)11-4-9-5-13-7-12-9/h5,7-8,11H,3-4,6H2,1-2H3. The molecule has 0 aromatic carbocycles. The molecule has 1 aromatic rings. The minimum Gasteiger partial charge on any atom is -0.451 e. The Morgan fingerprint density at radius 2 is 2.50 bits per heavy atom. The predicted molar refractivity (Wildman–Crippen MR) is 51.8 cm³/mol. The fourth-order valence-corrected chi connectivity index (χ4v) is 1.74. The first-order valence-electron chi connectivity index (χ1n) is 4.90. The van der Waals surface area contributed by atoms with Crippen LogP contribution < -0.4 is 5.32 Å². The van der Waals surface area contributed by atoms with Crippen molar-refractivity contribution in [1.29, 1.82) is 0 Å². The van der Waals surface area contributed by atoms with Crippen LogP contribution >= 0.6 is 0 Å². The lowest BCUT2D eigenvalue weighted by Crippen LogP contribution is -2.30. The van der Waals surface area contributed by atoms with Crippen LogP contribution in [0.3, 0.4) is 0 Å². The molecule has 0 amide bonds. The zero-order valence-corrected chi connectivity index (χ0v) is 8.62. The minimum absolute atomic E-state index is 0.0154. The lowest BCUT2D eigenvalue weighted by atomic mass is 10.0. The maximum atomic E-state index is 5.62. The first kappa shape index (κ1) is 9.68. The van der Waals surface area contributed by atoms with Crippen molar-refractivity contribution in [3.05, 3.63) is 18.4 Å². The molecular formula is C10H16N2O2. The zero-order chi connectivity index (χ0) is 10.0. The summed E-state index contributed by atoms with van der Waals surface area (Å²) >= 11 is 0. The van der Waals surface area contributed by atoms with Crippen LogP contribution in [0.1, 0.15) is 26.0 Å². The fourth-order valence-electron chi connectivity index (χ4n) is 1.74. The first-order chi connectivity index (χ1) is 6.66. The smallest absolute Gasteiger partial charge is 0.180 e. The highest BCUT2D eigenvalue weighted by Gasteiger charge is 2.31. The van der Waals surface area contributed by atoms with E-state index in [2.05, 4.69) is 24.1 Å². The summed E-state index contributed by atoms with van der Waals surface area (Å²) < 4.78 is 10.5. The van der Waals surface area contributed by atoms with E-state index in [0.717, 1.165) is 25.3 Å². The molecule has 4 heteroatoms. The van der Waals surface area contributed by atoms with Crippen molar-refractivity contribution in [2.24, 2.45) is 0 Å². The minimum atomic E-state index is 0.0154. The molecule has 1 saturated heterocycles. The van der Waals surface area contributed by atoms with Gasteiger partial charge in [0.15, 0.2) is 6.39 Å². The van der Waals surface area contributed by atoms with Crippen molar-refractivity contribution in [2.45, 2.75) is 38.5 Å². The number of rotatable bonds is 3. The van der Waals surface area contributed by atoms with E-state index in [9.17, 15) is 0 Å². The van der Waals surface area contributed by atoms with Crippen molar-refractivity contribution >= 4 is 0 Å². The number of nitrogens with zero attached hydrogens (tertiary/aromatic N) is 1. The van der Waals surface area contributed by atoms with Crippen LogP contribution in [0.25, 0.3) is 0 Å². The third-order valence-corrected chi connectivity index (χ3v) is 2.47. The number of nitrogens with one attached hydrogen (secondary N) is 1. The number of oxazole rings is 1. The van der Waals surface area contributed by atoms with Gasteiger partial charge < -0.3 is 14.5 Å². The van der Waals surface area contributed by atoms with Gasteiger partial charge in [-0.3, -0.25) is 0 Å². The second-order valence-corrected chi connectivity index (χ2v) is 4.33. The van der Waals surface area contributed by atoms with Gasteiger partial charge in [0.05, 0.1) is 17.9 Å². The molecule has 2 rings (SSSR count). The SMILES string of the molecule is CC1(C)CC(NCc2cocn2)CO1. The maximum absolute atomic E-state index is 5.62. The summed E-state index contributed by atoms with van der Waals surface area (Å²) in [6, 6.07) is 0.432. The monoisotopic (exact) mass is 196 g/mol. The first-order valence-corrected chi connectivity index (χ1v) is 4.90. The van der Waals surface area contributed by atoms with Crippen LogP contribution in [0.15, 0.2) is 17.1 Å². The molecule has 2 heterocycles. The Morgan fingerprint density at radius 1 is 1.64 bits per heavy atom. The summed E-state index contributed by atoms with van der Waals surface area (Å²) in [5.41, 5.74) is 0.955. The van der Waals surface area contributed by atoms with Crippen LogP contribution in [-0.2, 0) is 11.3 Å². The molecule has 1 aliphatic rings. The second-order valence-electron chi connectivity index (χ2n) is 4.33. The van der Waals surface area contributed by atoms with Crippen molar-refractivity contribution in [2.75, 3.05) is 6.61 Å². The van der Waals surface area contributed by atoms with Crippen molar-refractivity contribution < 1.29 is 9.15 Å². The van der Waals surface area contributed by atoms with Crippen LogP contribution in [0, 0.1) is 0 Å². The van der Waals surface area contributed by atoms with Crippen molar-refractivity contribution in [1.82, 2.24) is 10.3 Å². The Bertz CT molecular complexity index is 282. The molecule has 0 radical (unpaired) electrons. The highest BCUT2D eigenvalue weighted by atomic mass is 16.5. The fraction of sp³-hybridized carbons (Fsp3) is 0.700. The molecule has 0 spiro atoms. The highest BCUT2D eigenvalue weighted by molar-refractivity contribution is 4.92. The molecule has 1 unspecified atom stereocenters. The van der Waals surface area contributed by atoms with E-state index in [-0.39, 0.29) is 5.60 Å². The predicted octanol–water partition coefficient (Wildman–Crippen LogP) is 1.33. The van der Waals surface area contributed by atoms with E-state index in [0.29, 0.717) is 6.04 Å². The van der Waals surface area contributed by atoms with Gasteiger partial charge in [-0.2, -0.15) is 0 Å². The lowest BCUT2D eigenvalue weighted by Gasteiger charge is -2.15. The average molecular weight is 196 g/mol. The lowest BCUT2D eigenvalue weighted by molar-refractivity contribution is 0.0357. The second kappa shape index (κ2) is 3.71. The van der Waals surface area contributed by atoms with Gasteiger partial charge in [0, 0.05) is 12.6 Å². The maximum Gasteiger partial charge on any atom is 0.180 e. The molecule has 1 fully saturated rings. The largest absolute Gasteiger partial charge is 0.451 e. The number of hydrogen-bond acceptors (Lipinski definition) is 4. The summed E-state index contributed by atoms with van der Waals surface area (Å²) in [5, 5.41) is 3.39.